The second-order valence-electron chi connectivity index (χ2n) is 7.68. The first kappa shape index (κ1) is 25.4. The van der Waals surface area contributed by atoms with Gasteiger partial charge in [0.05, 0.1) is 24.1 Å². The number of carbonyl (C=O) groups is 1. The van der Waals surface area contributed by atoms with Gasteiger partial charge in [0.2, 0.25) is 5.69 Å². The molecule has 0 saturated heterocycles. The predicted octanol–water partition coefficient (Wildman–Crippen LogP) is 2.93. The first-order valence-corrected chi connectivity index (χ1v) is 11.8. The van der Waals surface area contributed by atoms with Crippen molar-refractivity contribution in [2.75, 3.05) is 17.2 Å². The number of alkyl halides is 6. The number of fused-ring (bicyclic) bond motifs is 1. The lowest BCUT2D eigenvalue weighted by Gasteiger charge is -2.19. The van der Waals surface area contributed by atoms with Crippen LogP contribution in [0.5, 0.6) is 0 Å². The molecular weight excluding hydrogens is 520 g/mol. The van der Waals surface area contributed by atoms with E-state index < -0.39 is 55.7 Å². The quantitative estimate of drug-likeness (QED) is 0.289. The third-order valence-corrected chi connectivity index (χ3v) is 7.19. The van der Waals surface area contributed by atoms with Gasteiger partial charge in [-0.2, -0.15) is 36.2 Å². The Hall–Kier alpha value is -3.69. The molecule has 0 N–H and O–H groups in total. The lowest BCUT2D eigenvalue weighted by atomic mass is 10.2. The van der Waals surface area contributed by atoms with Crippen molar-refractivity contribution in [2.45, 2.75) is 30.6 Å². The molecule has 0 saturated carbocycles. The number of pyridine rings is 2. The van der Waals surface area contributed by atoms with Gasteiger partial charge in [0.25, 0.3) is 5.91 Å². The number of amides is 1. The highest BCUT2D eigenvalue weighted by molar-refractivity contribution is 7.91. The fourth-order valence-electron chi connectivity index (χ4n) is 3.62. The molecule has 192 valence electrons. The Kier molecular flexibility index (Phi) is 5.97. The van der Waals surface area contributed by atoms with Crippen LogP contribution in [0.1, 0.15) is 34.4 Å². The van der Waals surface area contributed by atoms with E-state index in [0.717, 1.165) is 28.0 Å². The summed E-state index contributed by atoms with van der Waals surface area (Å²) in [6.07, 6.45) is -7.56. The fourth-order valence-corrected chi connectivity index (χ4v) is 4.67. The summed E-state index contributed by atoms with van der Waals surface area (Å²) in [4.78, 5) is 17.3. The van der Waals surface area contributed by atoms with Crippen molar-refractivity contribution in [1.82, 2.24) is 14.8 Å². The summed E-state index contributed by atoms with van der Waals surface area (Å²) in [5.74, 6) is -1.61. The van der Waals surface area contributed by atoms with Crippen molar-refractivity contribution in [1.29, 1.82) is 0 Å². The van der Waals surface area contributed by atoms with E-state index in [2.05, 4.69) is 10.1 Å². The molecule has 1 amide bonds. The monoisotopic (exact) mass is 535 g/mol. The van der Waals surface area contributed by atoms with Gasteiger partial charge in [-0.3, -0.25) is 4.79 Å². The van der Waals surface area contributed by atoms with Crippen molar-refractivity contribution in [3.63, 3.8) is 0 Å². The maximum absolute atomic E-state index is 13.3. The van der Waals surface area contributed by atoms with E-state index >= 15 is 0 Å². The van der Waals surface area contributed by atoms with E-state index in [9.17, 15) is 44.8 Å². The third kappa shape index (κ3) is 4.47. The zero-order chi connectivity index (χ0) is 26.6. The summed E-state index contributed by atoms with van der Waals surface area (Å²) >= 11 is 0. The molecule has 3 aromatic rings. The van der Waals surface area contributed by atoms with E-state index in [0.29, 0.717) is 18.3 Å². The minimum atomic E-state index is -4.88. The molecule has 1 aliphatic rings. The van der Waals surface area contributed by atoms with E-state index in [-0.39, 0.29) is 34.8 Å². The van der Waals surface area contributed by atoms with Gasteiger partial charge in [-0.25, -0.2) is 18.1 Å². The summed E-state index contributed by atoms with van der Waals surface area (Å²) in [7, 11) is -4.19. The van der Waals surface area contributed by atoms with Crippen LogP contribution < -0.4 is 9.63 Å². The standard InChI is InChI=1S/C20H15F6N5O4S/c1-2-36(34,35)15-8-12(30-6-4-16(28-30)20(24,25)26)9-27-17(15)18(32)29-5-3-13-14(29)7-11(10-31(13)33)19(21,22)23/h4,6-10H,2-3,5H2,1H3. The molecule has 1 aliphatic heterocycles. The van der Waals surface area contributed by atoms with Crippen LogP contribution >= 0.6 is 0 Å². The largest absolute Gasteiger partial charge is 0.618 e. The zero-order valence-corrected chi connectivity index (χ0v) is 18.9. The van der Waals surface area contributed by atoms with Crippen LogP contribution in [-0.2, 0) is 28.6 Å². The molecular formula is C20H15F6N5O4S. The number of halogens is 6. The number of nitrogens with zero attached hydrogens (tertiary/aromatic N) is 5. The highest BCUT2D eigenvalue weighted by Crippen LogP contribution is 2.35. The first-order valence-electron chi connectivity index (χ1n) is 10.1. The fraction of sp³-hybridized carbons (Fsp3) is 0.300. The van der Waals surface area contributed by atoms with Crippen LogP contribution in [0.3, 0.4) is 0 Å². The molecule has 4 rings (SSSR count). The van der Waals surface area contributed by atoms with Gasteiger partial charge in [0.1, 0.15) is 21.8 Å². The molecule has 3 aromatic heterocycles. The summed E-state index contributed by atoms with van der Waals surface area (Å²) in [6.45, 7) is 1.04. The van der Waals surface area contributed by atoms with Crippen LogP contribution in [0.4, 0.5) is 32.0 Å². The van der Waals surface area contributed by atoms with Crippen molar-refractivity contribution < 1.29 is 44.3 Å². The Labute approximate surface area is 199 Å². The van der Waals surface area contributed by atoms with Gasteiger partial charge in [-0.1, -0.05) is 6.92 Å². The molecule has 0 spiro atoms. The molecule has 0 aliphatic carbocycles. The van der Waals surface area contributed by atoms with Crippen molar-refractivity contribution in [2.24, 2.45) is 0 Å². The number of aromatic nitrogens is 4. The maximum atomic E-state index is 13.3. The summed E-state index contributed by atoms with van der Waals surface area (Å²) in [5.41, 5.74) is -3.89. The average molecular weight is 535 g/mol. The van der Waals surface area contributed by atoms with Gasteiger partial charge >= 0.3 is 12.4 Å². The van der Waals surface area contributed by atoms with E-state index in [1.807, 2.05) is 0 Å². The third-order valence-electron chi connectivity index (χ3n) is 5.45. The van der Waals surface area contributed by atoms with Crippen LogP contribution in [0.15, 0.2) is 41.7 Å². The number of anilines is 1. The highest BCUT2D eigenvalue weighted by Gasteiger charge is 2.40. The molecule has 0 fully saturated rings. The Morgan fingerprint density at radius 2 is 1.86 bits per heavy atom. The van der Waals surface area contributed by atoms with Crippen LogP contribution in [-0.4, -0.2) is 41.4 Å². The molecule has 0 radical (unpaired) electrons. The molecule has 16 heteroatoms. The van der Waals surface area contributed by atoms with Crippen molar-refractivity contribution in [3.8, 4) is 5.69 Å². The predicted molar refractivity (Wildman–Crippen MR) is 110 cm³/mol. The lowest BCUT2D eigenvalue weighted by Crippen LogP contribution is -2.34. The minimum Gasteiger partial charge on any atom is -0.618 e. The smallest absolute Gasteiger partial charge is 0.435 e. The summed E-state index contributed by atoms with van der Waals surface area (Å²) < 4.78 is 105. The first-order chi connectivity index (χ1) is 16.6. The van der Waals surface area contributed by atoms with Crippen molar-refractivity contribution >= 4 is 21.4 Å². The Morgan fingerprint density at radius 1 is 1.17 bits per heavy atom. The molecule has 4 heterocycles. The van der Waals surface area contributed by atoms with Crippen LogP contribution in [0.25, 0.3) is 5.69 Å². The highest BCUT2D eigenvalue weighted by atomic mass is 32.2. The Morgan fingerprint density at radius 3 is 2.44 bits per heavy atom. The lowest BCUT2D eigenvalue weighted by molar-refractivity contribution is -0.613. The number of sulfone groups is 1. The zero-order valence-electron chi connectivity index (χ0n) is 18.1. The van der Waals surface area contributed by atoms with Gasteiger partial charge in [0.15, 0.2) is 21.7 Å². The van der Waals surface area contributed by atoms with Crippen molar-refractivity contribution in [3.05, 3.63) is 64.6 Å². The molecule has 0 atom stereocenters. The number of rotatable bonds is 4. The van der Waals surface area contributed by atoms with Crippen LogP contribution in [0.2, 0.25) is 0 Å². The molecule has 0 unspecified atom stereocenters. The van der Waals surface area contributed by atoms with Gasteiger partial charge in [-0.15, -0.1) is 0 Å². The average Bonchev–Trinajstić information content (AvgIpc) is 3.45. The Bertz CT molecular complexity index is 1470. The van der Waals surface area contributed by atoms with Gasteiger partial charge in [0, 0.05) is 12.7 Å². The van der Waals surface area contributed by atoms with Crippen LogP contribution in [0, 0.1) is 5.21 Å². The van der Waals surface area contributed by atoms with E-state index in [1.54, 1.807) is 0 Å². The summed E-state index contributed by atoms with van der Waals surface area (Å²) in [5, 5.41) is 15.4. The van der Waals surface area contributed by atoms with E-state index in [4.69, 9.17) is 0 Å². The molecule has 36 heavy (non-hydrogen) atoms. The number of carbonyl (C=O) groups excluding carboxylic acids is 1. The molecule has 9 nitrogen and oxygen atoms in total. The minimum absolute atomic E-state index is 0.00160. The summed E-state index contributed by atoms with van der Waals surface area (Å²) in [6, 6.07) is 2.17. The van der Waals surface area contributed by atoms with E-state index in [1.165, 1.54) is 6.92 Å². The maximum Gasteiger partial charge on any atom is 0.435 e. The second kappa shape index (κ2) is 8.46. The SMILES string of the molecule is CCS(=O)(=O)c1cc(-n2ccc(C(F)(F)F)n2)cnc1C(=O)N1CCc2c1cc(C(F)(F)F)c[n+]2[O-]. The number of hydrogen-bond acceptors (Lipinski definition) is 6. The molecule has 0 aromatic carbocycles. The molecule has 0 bridgehead atoms. The second-order valence-corrected chi connectivity index (χ2v) is 9.92. The normalized spacial score (nSPS) is 14.2. The Balaban J connectivity index is 1.81. The topological polar surface area (TPSA) is 112 Å². The number of hydrogen-bond donors (Lipinski definition) is 0. The van der Waals surface area contributed by atoms with Gasteiger partial charge in [-0.05, 0) is 18.2 Å². The van der Waals surface area contributed by atoms with Gasteiger partial charge < -0.3 is 10.1 Å².